The number of unbranched alkanes of at least 4 members (excludes halogenated alkanes) is 3. The average molecular weight is 252 g/mol. The van der Waals surface area contributed by atoms with Gasteiger partial charge in [-0.2, -0.15) is 4.20 Å². The average Bonchev–Trinajstić information content (AvgIpc) is 2.22. The lowest BCUT2D eigenvalue weighted by atomic mass is 10.1. The molecule has 0 aromatic carbocycles. The van der Waals surface area contributed by atoms with Crippen molar-refractivity contribution < 1.29 is 13.3 Å². The highest BCUT2D eigenvalue weighted by Crippen LogP contribution is 2.54. The SMILES string of the molecule is CCCCCCC(CC)OP(=O)(F)C(C)C. The molecule has 0 aromatic heterocycles. The van der Waals surface area contributed by atoms with Crippen LogP contribution in [0.5, 0.6) is 0 Å². The lowest BCUT2D eigenvalue weighted by Gasteiger charge is -2.20. The highest BCUT2D eigenvalue weighted by atomic mass is 31.2. The van der Waals surface area contributed by atoms with E-state index in [9.17, 15) is 8.76 Å². The van der Waals surface area contributed by atoms with Gasteiger partial charge in [0.1, 0.15) is 0 Å². The first-order valence-electron chi connectivity index (χ1n) is 6.41. The molecule has 2 atom stereocenters. The van der Waals surface area contributed by atoms with Crippen molar-refractivity contribution in [3.05, 3.63) is 0 Å². The first-order valence-corrected chi connectivity index (χ1v) is 8.00. The molecule has 16 heavy (non-hydrogen) atoms. The summed E-state index contributed by atoms with van der Waals surface area (Å²) in [5, 5.41) is 0. The molecular weight excluding hydrogens is 226 g/mol. The quantitative estimate of drug-likeness (QED) is 0.410. The normalized spacial score (nSPS) is 17.4. The second-order valence-corrected chi connectivity index (χ2v) is 6.89. The zero-order valence-corrected chi connectivity index (χ0v) is 11.9. The third-order valence-corrected chi connectivity index (χ3v) is 4.56. The number of rotatable bonds is 9. The van der Waals surface area contributed by atoms with Crippen LogP contribution < -0.4 is 0 Å². The summed E-state index contributed by atoms with van der Waals surface area (Å²) < 4.78 is 30.2. The highest BCUT2D eigenvalue weighted by Gasteiger charge is 2.30. The van der Waals surface area contributed by atoms with E-state index in [1.54, 1.807) is 13.8 Å². The fourth-order valence-electron chi connectivity index (χ4n) is 1.46. The summed E-state index contributed by atoms with van der Waals surface area (Å²) in [6.07, 6.45) is 5.93. The third-order valence-electron chi connectivity index (χ3n) is 2.74. The Morgan fingerprint density at radius 2 is 1.81 bits per heavy atom. The van der Waals surface area contributed by atoms with Crippen LogP contribution in [0.4, 0.5) is 4.20 Å². The minimum absolute atomic E-state index is 0.185. The number of hydrogen-bond donors (Lipinski definition) is 0. The summed E-state index contributed by atoms with van der Waals surface area (Å²) >= 11 is 0. The molecule has 0 rings (SSSR count). The van der Waals surface area contributed by atoms with Gasteiger partial charge in [-0.05, 0) is 12.8 Å². The van der Waals surface area contributed by atoms with Gasteiger partial charge in [0.05, 0.1) is 11.8 Å². The predicted octanol–water partition coefficient (Wildman–Crippen LogP) is 5.32. The minimum Gasteiger partial charge on any atom is -0.302 e. The van der Waals surface area contributed by atoms with Gasteiger partial charge >= 0.3 is 7.68 Å². The Hall–Kier alpha value is 0.120. The van der Waals surface area contributed by atoms with Crippen molar-refractivity contribution in [1.82, 2.24) is 0 Å². The van der Waals surface area contributed by atoms with Crippen molar-refractivity contribution >= 4 is 7.68 Å². The second-order valence-electron chi connectivity index (χ2n) is 4.60. The molecule has 4 heteroatoms. The van der Waals surface area contributed by atoms with Crippen LogP contribution in [0.1, 0.15) is 66.2 Å². The highest BCUT2D eigenvalue weighted by molar-refractivity contribution is 7.54. The van der Waals surface area contributed by atoms with Crippen LogP contribution in [-0.4, -0.2) is 11.8 Å². The predicted molar refractivity (Wildman–Crippen MR) is 67.8 cm³/mol. The van der Waals surface area contributed by atoms with Gasteiger partial charge in [0.2, 0.25) is 0 Å². The Labute approximate surface area is 99.5 Å². The fourth-order valence-corrected chi connectivity index (χ4v) is 2.36. The molecule has 0 aliphatic rings. The van der Waals surface area contributed by atoms with E-state index in [4.69, 9.17) is 4.52 Å². The van der Waals surface area contributed by atoms with Crippen LogP contribution in [0.25, 0.3) is 0 Å². The molecule has 98 valence electrons. The zero-order chi connectivity index (χ0) is 12.6. The van der Waals surface area contributed by atoms with Crippen molar-refractivity contribution in [1.29, 1.82) is 0 Å². The lowest BCUT2D eigenvalue weighted by Crippen LogP contribution is -2.12. The standard InChI is InChI=1S/C12H26FO2P/c1-5-7-8-9-10-12(6-2)15-16(13,14)11(3)4/h11-12H,5-10H2,1-4H3. The monoisotopic (exact) mass is 252 g/mol. The van der Waals surface area contributed by atoms with Crippen LogP contribution in [0.15, 0.2) is 0 Å². The van der Waals surface area contributed by atoms with Gasteiger partial charge in [-0.1, -0.05) is 53.4 Å². The molecule has 0 spiro atoms. The smallest absolute Gasteiger partial charge is 0.302 e. The summed E-state index contributed by atoms with van der Waals surface area (Å²) in [6.45, 7) is 7.31. The molecule has 0 saturated carbocycles. The first-order chi connectivity index (χ1) is 7.44. The first kappa shape index (κ1) is 16.1. The molecule has 0 aliphatic carbocycles. The number of halogens is 1. The lowest BCUT2D eigenvalue weighted by molar-refractivity contribution is 0.168. The van der Waals surface area contributed by atoms with Crippen LogP contribution in [0, 0.1) is 0 Å². The Kier molecular flexibility index (Phi) is 8.31. The molecule has 0 amide bonds. The van der Waals surface area contributed by atoms with Crippen LogP contribution in [-0.2, 0) is 9.09 Å². The Morgan fingerprint density at radius 1 is 1.19 bits per heavy atom. The Morgan fingerprint density at radius 3 is 2.25 bits per heavy atom. The van der Waals surface area contributed by atoms with Crippen molar-refractivity contribution in [2.45, 2.75) is 78.0 Å². The maximum Gasteiger partial charge on any atom is 0.370 e. The van der Waals surface area contributed by atoms with Gasteiger partial charge < -0.3 is 4.52 Å². The van der Waals surface area contributed by atoms with Gasteiger partial charge in [-0.25, -0.2) is 0 Å². The van der Waals surface area contributed by atoms with E-state index in [2.05, 4.69) is 6.92 Å². The van der Waals surface area contributed by atoms with E-state index >= 15 is 0 Å². The third kappa shape index (κ3) is 6.65. The molecule has 0 radical (unpaired) electrons. The van der Waals surface area contributed by atoms with Gasteiger partial charge in [-0.15, -0.1) is 0 Å². The fraction of sp³-hybridized carbons (Fsp3) is 1.00. The molecule has 2 unspecified atom stereocenters. The van der Waals surface area contributed by atoms with Gasteiger partial charge in [0.15, 0.2) is 0 Å². The summed E-state index contributed by atoms with van der Waals surface area (Å²) in [4.78, 5) is 0. The Bertz CT molecular complexity index is 219. The molecule has 0 saturated heterocycles. The van der Waals surface area contributed by atoms with E-state index in [1.165, 1.54) is 12.8 Å². The van der Waals surface area contributed by atoms with Crippen LogP contribution in [0.2, 0.25) is 0 Å². The maximum absolute atomic E-state index is 13.6. The minimum atomic E-state index is -3.89. The molecule has 0 N–H and O–H groups in total. The van der Waals surface area contributed by atoms with Crippen LogP contribution in [0.3, 0.4) is 0 Å². The second kappa shape index (κ2) is 8.25. The molecule has 0 aromatic rings. The molecule has 0 aliphatic heterocycles. The summed E-state index contributed by atoms with van der Waals surface area (Å²) in [7, 11) is -3.89. The summed E-state index contributed by atoms with van der Waals surface area (Å²) in [5.74, 6) is 0. The van der Waals surface area contributed by atoms with Gasteiger partial charge in [-0.3, -0.25) is 4.57 Å². The number of hydrogen-bond acceptors (Lipinski definition) is 2. The van der Waals surface area contributed by atoms with E-state index in [1.807, 2.05) is 6.92 Å². The summed E-state index contributed by atoms with van der Waals surface area (Å²) in [6, 6.07) is 0. The van der Waals surface area contributed by atoms with Crippen molar-refractivity contribution in [3.8, 4) is 0 Å². The molecule has 2 nitrogen and oxygen atoms in total. The zero-order valence-electron chi connectivity index (χ0n) is 11.0. The van der Waals surface area contributed by atoms with E-state index in [-0.39, 0.29) is 6.10 Å². The molecule has 0 heterocycles. The van der Waals surface area contributed by atoms with Gasteiger partial charge in [0, 0.05) is 0 Å². The molecule has 0 bridgehead atoms. The van der Waals surface area contributed by atoms with E-state index < -0.39 is 13.3 Å². The van der Waals surface area contributed by atoms with Crippen molar-refractivity contribution in [3.63, 3.8) is 0 Å². The van der Waals surface area contributed by atoms with Crippen molar-refractivity contribution in [2.24, 2.45) is 0 Å². The molecule has 0 fully saturated rings. The van der Waals surface area contributed by atoms with E-state index in [0.717, 1.165) is 25.7 Å². The molecular formula is C12H26FO2P. The Balaban J connectivity index is 3.96. The topological polar surface area (TPSA) is 26.3 Å². The van der Waals surface area contributed by atoms with Gasteiger partial charge in [0.25, 0.3) is 0 Å². The van der Waals surface area contributed by atoms with E-state index in [0.29, 0.717) is 0 Å². The van der Waals surface area contributed by atoms with Crippen LogP contribution >= 0.6 is 7.68 Å². The summed E-state index contributed by atoms with van der Waals surface area (Å²) in [5.41, 5.74) is -0.530. The maximum atomic E-state index is 13.6. The van der Waals surface area contributed by atoms with Crippen molar-refractivity contribution in [2.75, 3.05) is 0 Å². The largest absolute Gasteiger partial charge is 0.370 e.